The second kappa shape index (κ2) is 18.9. The van der Waals surface area contributed by atoms with Gasteiger partial charge in [0, 0.05) is 9.22 Å². The molecule has 0 aliphatic heterocycles. The van der Waals surface area contributed by atoms with E-state index in [-0.39, 0.29) is 0 Å². The van der Waals surface area contributed by atoms with E-state index >= 15 is 0 Å². The molecule has 0 aliphatic rings. The molecule has 2 aromatic heterocycles. The second-order valence-corrected chi connectivity index (χ2v) is 15.9. The summed E-state index contributed by atoms with van der Waals surface area (Å²) >= 11 is 4.04. The minimum atomic E-state index is 0.839. The molecule has 0 radical (unpaired) electrons. The Morgan fingerprint density at radius 1 is 0.474 bits per heavy atom. The zero-order valence-electron chi connectivity index (χ0n) is 24.7. The molecule has 38 heavy (non-hydrogen) atoms. The van der Waals surface area contributed by atoms with E-state index in [1.165, 1.54) is 150 Å². The van der Waals surface area contributed by atoms with E-state index in [2.05, 4.69) is 27.7 Å². The van der Waals surface area contributed by atoms with E-state index in [1.54, 1.807) is 9.22 Å². The average Bonchev–Trinajstić information content (AvgIpc) is 3.54. The van der Waals surface area contributed by atoms with Crippen molar-refractivity contribution in [3.8, 4) is 11.5 Å². The highest BCUT2D eigenvalue weighted by Crippen LogP contribution is 2.56. The van der Waals surface area contributed by atoms with Crippen molar-refractivity contribution in [2.24, 2.45) is 0 Å². The maximum absolute atomic E-state index is 6.71. The van der Waals surface area contributed by atoms with E-state index < -0.39 is 0 Å². The Labute approximate surface area is 244 Å². The van der Waals surface area contributed by atoms with E-state index in [4.69, 9.17) is 9.47 Å². The molecule has 0 N–H and O–H groups in total. The lowest BCUT2D eigenvalue weighted by Crippen LogP contribution is -2.00. The van der Waals surface area contributed by atoms with Gasteiger partial charge < -0.3 is 9.47 Å². The van der Waals surface area contributed by atoms with Crippen molar-refractivity contribution in [1.29, 1.82) is 0 Å². The Morgan fingerprint density at radius 2 is 0.842 bits per heavy atom. The monoisotopic (exact) mass is 594 g/mol. The third-order valence-electron chi connectivity index (χ3n) is 7.16. The van der Waals surface area contributed by atoms with Gasteiger partial charge in [-0.15, -0.1) is 22.7 Å². The van der Waals surface area contributed by atoms with Gasteiger partial charge in [-0.1, -0.05) is 105 Å². The standard InChI is InChI=1S/C32H52O2P2S2/c1-5-9-13-17-21-25-35-29-27(33-23-19-15-11-7-3)32-30(36-26(38-32)22-18-14-10-6-2)28(31(29)37-25)34-24-20-16-12-8-4/h5-24H2,1-4H3. The van der Waals surface area contributed by atoms with Gasteiger partial charge in [-0.05, 0) is 54.9 Å². The molecule has 0 saturated carbocycles. The number of aryl methyl sites for hydroxylation is 2. The molecule has 0 fully saturated rings. The SMILES string of the molecule is CCCCCCOc1c2pc(CCCCCC)sc2c(OCCCCCC)c2pc(CCCCCC)sc12. The lowest BCUT2D eigenvalue weighted by atomic mass is 10.2. The molecule has 0 aliphatic carbocycles. The van der Waals surface area contributed by atoms with Gasteiger partial charge >= 0.3 is 0 Å². The Kier molecular flexibility index (Phi) is 15.9. The van der Waals surface area contributed by atoms with Crippen LogP contribution >= 0.6 is 39.1 Å². The van der Waals surface area contributed by atoms with E-state index in [0.29, 0.717) is 0 Å². The van der Waals surface area contributed by atoms with Gasteiger partial charge in [0.25, 0.3) is 0 Å². The molecule has 3 rings (SSSR count). The molecule has 6 heteroatoms. The summed E-state index contributed by atoms with van der Waals surface area (Å²) in [5, 5.41) is 2.82. The molecular formula is C32H52O2P2S2. The molecule has 0 bridgehead atoms. The van der Waals surface area contributed by atoms with Crippen LogP contribution in [0.4, 0.5) is 0 Å². The first-order chi connectivity index (χ1) is 18.7. The van der Waals surface area contributed by atoms with E-state index in [1.807, 2.05) is 22.7 Å². The molecular weight excluding hydrogens is 542 g/mol. The van der Waals surface area contributed by atoms with Gasteiger partial charge in [0.15, 0.2) is 11.5 Å². The van der Waals surface area contributed by atoms with Crippen LogP contribution in [0.2, 0.25) is 0 Å². The maximum Gasteiger partial charge on any atom is 0.151 e. The predicted molar refractivity (Wildman–Crippen MR) is 177 cm³/mol. The fourth-order valence-corrected chi connectivity index (χ4v) is 10.9. The van der Waals surface area contributed by atoms with Crippen LogP contribution in [-0.4, -0.2) is 13.2 Å². The lowest BCUT2D eigenvalue weighted by molar-refractivity contribution is 0.308. The van der Waals surface area contributed by atoms with Crippen LogP contribution in [0.3, 0.4) is 0 Å². The fraction of sp³-hybridized carbons (Fsp3) is 0.750. The summed E-state index contributed by atoms with van der Waals surface area (Å²) in [6, 6.07) is 0. The van der Waals surface area contributed by atoms with Crippen molar-refractivity contribution in [2.45, 2.75) is 143 Å². The van der Waals surface area contributed by atoms with Crippen molar-refractivity contribution < 1.29 is 9.47 Å². The second-order valence-electron chi connectivity index (χ2n) is 10.7. The van der Waals surface area contributed by atoms with Crippen LogP contribution in [0.15, 0.2) is 0 Å². The van der Waals surface area contributed by atoms with Crippen LogP contribution < -0.4 is 9.47 Å². The zero-order valence-corrected chi connectivity index (χ0v) is 28.1. The van der Waals surface area contributed by atoms with Crippen LogP contribution in [0, 0.1) is 0 Å². The van der Waals surface area contributed by atoms with Crippen LogP contribution in [0.25, 0.3) is 19.6 Å². The molecule has 214 valence electrons. The summed E-state index contributed by atoms with van der Waals surface area (Å²) in [5.41, 5.74) is 0. The molecule has 0 atom stereocenters. The Balaban J connectivity index is 1.96. The zero-order chi connectivity index (χ0) is 27.0. The minimum absolute atomic E-state index is 0.839. The molecule has 0 spiro atoms. The van der Waals surface area contributed by atoms with E-state index in [0.717, 1.165) is 26.1 Å². The van der Waals surface area contributed by atoms with Gasteiger partial charge in [0.1, 0.15) is 0 Å². The maximum atomic E-state index is 6.71. The number of hydrogen-bond acceptors (Lipinski definition) is 4. The first kappa shape index (κ1) is 32.1. The molecule has 3 aromatic rings. The Morgan fingerprint density at radius 3 is 1.21 bits per heavy atom. The highest BCUT2D eigenvalue weighted by Gasteiger charge is 2.23. The summed E-state index contributed by atoms with van der Waals surface area (Å²) in [4.78, 5) is 0. The topological polar surface area (TPSA) is 18.5 Å². The fourth-order valence-electron chi connectivity index (χ4n) is 4.85. The van der Waals surface area contributed by atoms with Crippen LogP contribution in [0.1, 0.15) is 140 Å². The third kappa shape index (κ3) is 9.90. The number of rotatable bonds is 22. The number of fused-ring (bicyclic) bond motifs is 2. The molecule has 2 nitrogen and oxygen atoms in total. The smallest absolute Gasteiger partial charge is 0.151 e. The molecule has 1 aromatic carbocycles. The molecule has 0 unspecified atom stereocenters. The van der Waals surface area contributed by atoms with Gasteiger partial charge in [0.2, 0.25) is 0 Å². The van der Waals surface area contributed by atoms with Crippen molar-refractivity contribution in [2.75, 3.05) is 13.2 Å². The normalized spacial score (nSPS) is 12.1. The first-order valence-electron chi connectivity index (χ1n) is 15.7. The summed E-state index contributed by atoms with van der Waals surface area (Å²) < 4.78 is 19.4. The number of hydrogen-bond donors (Lipinski definition) is 0. The highest BCUT2D eigenvalue weighted by molar-refractivity contribution is 7.53. The van der Waals surface area contributed by atoms with Crippen molar-refractivity contribution in [3.63, 3.8) is 0 Å². The van der Waals surface area contributed by atoms with Gasteiger partial charge in [-0.3, -0.25) is 0 Å². The summed E-state index contributed by atoms with van der Waals surface area (Å²) in [6.07, 6.45) is 23.0. The number of benzene rings is 1. The van der Waals surface area contributed by atoms with Crippen molar-refractivity contribution in [1.82, 2.24) is 0 Å². The average molecular weight is 595 g/mol. The van der Waals surface area contributed by atoms with Gasteiger partial charge in [-0.25, -0.2) is 0 Å². The minimum Gasteiger partial charge on any atom is -0.491 e. The van der Waals surface area contributed by atoms with Crippen LogP contribution in [0.5, 0.6) is 11.5 Å². The summed E-state index contributed by atoms with van der Waals surface area (Å²) in [7, 11) is 2.75. The summed E-state index contributed by atoms with van der Waals surface area (Å²) in [6.45, 7) is 10.8. The molecule has 0 amide bonds. The highest BCUT2D eigenvalue weighted by atomic mass is 32.1. The first-order valence-corrected chi connectivity index (χ1v) is 19.2. The van der Waals surface area contributed by atoms with Gasteiger partial charge in [0.05, 0.1) is 32.8 Å². The number of unbranched alkanes of at least 4 members (excludes halogenated alkanes) is 12. The summed E-state index contributed by atoms with van der Waals surface area (Å²) in [5.74, 6) is 2.40. The lowest BCUT2D eigenvalue weighted by Gasteiger charge is -2.13. The third-order valence-corrected chi connectivity index (χ3v) is 12.9. The Hall–Kier alpha value is -0.400. The largest absolute Gasteiger partial charge is 0.491 e. The Bertz CT molecular complexity index is 922. The van der Waals surface area contributed by atoms with Crippen molar-refractivity contribution >= 4 is 58.7 Å². The quantitative estimate of drug-likeness (QED) is 0.108. The van der Waals surface area contributed by atoms with Crippen LogP contribution in [-0.2, 0) is 12.8 Å². The molecule has 0 saturated heterocycles. The number of ether oxygens (including phenoxy) is 2. The predicted octanol–water partition coefficient (Wildman–Crippen LogP) is 13.4. The van der Waals surface area contributed by atoms with Gasteiger partial charge in [-0.2, -0.15) is 0 Å². The van der Waals surface area contributed by atoms with E-state index in [9.17, 15) is 0 Å². The molecule has 2 heterocycles. The van der Waals surface area contributed by atoms with Crippen molar-refractivity contribution in [3.05, 3.63) is 9.22 Å².